The van der Waals surface area contributed by atoms with E-state index >= 15 is 0 Å². The molecular formula is C21H14BrF6NO6. The lowest BCUT2D eigenvalue weighted by Gasteiger charge is -2.32. The van der Waals surface area contributed by atoms with E-state index < -0.39 is 65.1 Å². The summed E-state index contributed by atoms with van der Waals surface area (Å²) in [5, 5.41) is 0. The summed E-state index contributed by atoms with van der Waals surface area (Å²) < 4.78 is 101. The molecule has 3 rings (SSSR count). The number of ether oxygens (including phenoxy) is 4. The first-order chi connectivity index (χ1) is 16.4. The molecule has 35 heavy (non-hydrogen) atoms. The molecule has 0 atom stereocenters. The second-order valence-electron chi connectivity index (χ2n) is 6.82. The summed E-state index contributed by atoms with van der Waals surface area (Å²) in [6, 6.07) is 1.67. The molecule has 0 spiro atoms. The molecule has 0 fully saturated rings. The fourth-order valence-corrected chi connectivity index (χ4v) is 3.61. The molecule has 0 N–H and O–H groups in total. The first-order valence-corrected chi connectivity index (χ1v) is 10.2. The predicted octanol–water partition coefficient (Wildman–Crippen LogP) is 5.07. The van der Waals surface area contributed by atoms with Gasteiger partial charge in [0.15, 0.2) is 23.1 Å². The minimum absolute atomic E-state index is 0.0225. The Morgan fingerprint density at radius 2 is 1.57 bits per heavy atom. The highest BCUT2D eigenvalue weighted by Crippen LogP contribution is 2.44. The van der Waals surface area contributed by atoms with Gasteiger partial charge in [-0.15, -0.1) is 0 Å². The van der Waals surface area contributed by atoms with Crippen LogP contribution in [0.1, 0.15) is 5.56 Å². The van der Waals surface area contributed by atoms with Crippen LogP contribution in [0.4, 0.5) is 32.0 Å². The Morgan fingerprint density at radius 3 is 2.11 bits per heavy atom. The van der Waals surface area contributed by atoms with Crippen LogP contribution in [-0.4, -0.2) is 39.5 Å². The van der Waals surface area contributed by atoms with Crippen molar-refractivity contribution in [3.8, 4) is 11.5 Å². The summed E-state index contributed by atoms with van der Waals surface area (Å²) in [4.78, 5) is 25.6. The number of anilines is 1. The van der Waals surface area contributed by atoms with Crippen molar-refractivity contribution >= 4 is 33.6 Å². The number of carbonyl (C=O) groups excluding carboxylic acids is 2. The molecule has 2 aromatic rings. The van der Waals surface area contributed by atoms with Crippen LogP contribution in [0.3, 0.4) is 0 Å². The van der Waals surface area contributed by atoms with E-state index in [9.17, 15) is 35.9 Å². The minimum atomic E-state index is -5.03. The second-order valence-corrected chi connectivity index (χ2v) is 7.67. The fourth-order valence-electron chi connectivity index (χ4n) is 3.11. The highest BCUT2D eigenvalue weighted by atomic mass is 79.9. The molecule has 188 valence electrons. The summed E-state index contributed by atoms with van der Waals surface area (Å²) in [7, 11) is 2.04. The molecule has 0 aromatic heterocycles. The molecule has 1 heterocycles. The van der Waals surface area contributed by atoms with E-state index in [0.717, 1.165) is 31.3 Å². The van der Waals surface area contributed by atoms with E-state index in [1.54, 1.807) is 0 Å². The van der Waals surface area contributed by atoms with E-state index in [0.29, 0.717) is 0 Å². The maximum absolute atomic E-state index is 14.4. The third-order valence-electron chi connectivity index (χ3n) is 4.64. The Balaban J connectivity index is 2.20. The third kappa shape index (κ3) is 5.37. The number of hydrogen-bond donors (Lipinski definition) is 0. The average molecular weight is 570 g/mol. The Labute approximate surface area is 201 Å². The van der Waals surface area contributed by atoms with Gasteiger partial charge in [-0.2, -0.15) is 13.2 Å². The topological polar surface area (TPSA) is 74.3 Å². The molecule has 14 heteroatoms. The predicted molar refractivity (Wildman–Crippen MR) is 110 cm³/mol. The Hall–Kier alpha value is -3.26. The first kappa shape index (κ1) is 26.3. The van der Waals surface area contributed by atoms with Gasteiger partial charge in [-0.3, -0.25) is 0 Å². The normalized spacial score (nSPS) is 14.1. The van der Waals surface area contributed by atoms with Gasteiger partial charge in [0.25, 0.3) is 0 Å². The summed E-state index contributed by atoms with van der Waals surface area (Å²) in [6.45, 7) is -0.863. The van der Waals surface area contributed by atoms with Crippen LogP contribution in [0.2, 0.25) is 0 Å². The number of methoxy groups -OCH3 is 2. The van der Waals surface area contributed by atoms with E-state index in [-0.39, 0.29) is 34.5 Å². The zero-order chi connectivity index (χ0) is 26.1. The van der Waals surface area contributed by atoms with Gasteiger partial charge >= 0.3 is 18.1 Å². The highest BCUT2D eigenvalue weighted by Gasteiger charge is 2.36. The lowest BCUT2D eigenvalue weighted by Crippen LogP contribution is -2.39. The third-order valence-corrected chi connectivity index (χ3v) is 5.23. The molecule has 2 aromatic carbocycles. The molecular weight excluding hydrogens is 556 g/mol. The maximum atomic E-state index is 14.4. The lowest BCUT2D eigenvalue weighted by molar-refractivity contribution is -0.140. The zero-order valence-corrected chi connectivity index (χ0v) is 19.4. The van der Waals surface area contributed by atoms with Gasteiger partial charge in [0.1, 0.15) is 18.2 Å². The van der Waals surface area contributed by atoms with Crippen molar-refractivity contribution < 1.29 is 54.9 Å². The van der Waals surface area contributed by atoms with Gasteiger partial charge in [-0.05, 0) is 34.1 Å². The van der Waals surface area contributed by atoms with E-state index in [4.69, 9.17) is 14.2 Å². The van der Waals surface area contributed by atoms with Crippen LogP contribution in [0, 0.1) is 17.5 Å². The van der Waals surface area contributed by atoms with Gasteiger partial charge in [-0.1, -0.05) is 0 Å². The quantitative estimate of drug-likeness (QED) is 0.367. The molecule has 1 aliphatic heterocycles. The number of esters is 2. The SMILES string of the molecule is COC(=O)C1=C(C(=O)OC)N(c2cc(F)cc(Br)c2Oc2c(F)cc(C(F)(F)F)cc2F)COC1. The van der Waals surface area contributed by atoms with Crippen molar-refractivity contribution in [1.82, 2.24) is 0 Å². The van der Waals surface area contributed by atoms with Gasteiger partial charge in [0, 0.05) is 6.07 Å². The van der Waals surface area contributed by atoms with Crippen molar-refractivity contribution in [2.75, 3.05) is 32.5 Å². The molecule has 0 saturated heterocycles. The Morgan fingerprint density at radius 1 is 0.971 bits per heavy atom. The Bertz CT molecular complexity index is 1190. The number of hydrogen-bond acceptors (Lipinski definition) is 7. The molecule has 7 nitrogen and oxygen atoms in total. The van der Waals surface area contributed by atoms with Crippen molar-refractivity contribution in [2.24, 2.45) is 0 Å². The van der Waals surface area contributed by atoms with Crippen molar-refractivity contribution in [1.29, 1.82) is 0 Å². The number of alkyl halides is 3. The second kappa shape index (κ2) is 10.2. The summed E-state index contributed by atoms with van der Waals surface area (Å²) >= 11 is 2.97. The van der Waals surface area contributed by atoms with E-state index in [1.807, 2.05) is 0 Å². The van der Waals surface area contributed by atoms with Crippen LogP contribution in [-0.2, 0) is 30.0 Å². The average Bonchev–Trinajstić information content (AvgIpc) is 2.79. The molecule has 0 amide bonds. The van der Waals surface area contributed by atoms with Crippen molar-refractivity contribution in [3.63, 3.8) is 0 Å². The van der Waals surface area contributed by atoms with Crippen LogP contribution in [0.15, 0.2) is 40.0 Å². The fraction of sp³-hybridized carbons (Fsp3) is 0.238. The molecule has 0 unspecified atom stereocenters. The Kier molecular flexibility index (Phi) is 7.65. The summed E-state index contributed by atoms with van der Waals surface area (Å²) in [6.07, 6.45) is -5.03. The molecule has 0 radical (unpaired) electrons. The largest absolute Gasteiger partial charge is 0.466 e. The standard InChI is InChI=1S/C21H14BrF6NO6/c1-32-19(30)11-7-34-8-29(16(11)20(31)33-2)15-6-10(23)5-12(22)17(15)35-18-13(24)3-9(4-14(18)25)21(26,27)28/h3-6H,7-8H2,1-2H3. The highest BCUT2D eigenvalue weighted by molar-refractivity contribution is 9.10. The van der Waals surface area contributed by atoms with Crippen LogP contribution >= 0.6 is 15.9 Å². The minimum Gasteiger partial charge on any atom is -0.466 e. The van der Waals surface area contributed by atoms with Crippen molar-refractivity contribution in [2.45, 2.75) is 6.18 Å². The number of benzene rings is 2. The first-order valence-electron chi connectivity index (χ1n) is 9.37. The molecule has 0 saturated carbocycles. The summed E-state index contributed by atoms with van der Waals surface area (Å²) in [5.41, 5.74) is -2.73. The van der Waals surface area contributed by atoms with E-state index in [2.05, 4.69) is 20.7 Å². The number of carbonyl (C=O) groups is 2. The van der Waals surface area contributed by atoms with Gasteiger partial charge in [-0.25, -0.2) is 22.8 Å². The monoisotopic (exact) mass is 569 g/mol. The van der Waals surface area contributed by atoms with Gasteiger partial charge in [0.05, 0.1) is 42.1 Å². The van der Waals surface area contributed by atoms with Gasteiger partial charge < -0.3 is 23.8 Å². The molecule has 0 bridgehead atoms. The maximum Gasteiger partial charge on any atom is 0.416 e. The van der Waals surface area contributed by atoms with Crippen LogP contribution < -0.4 is 9.64 Å². The van der Waals surface area contributed by atoms with Crippen LogP contribution in [0.5, 0.6) is 11.5 Å². The van der Waals surface area contributed by atoms with E-state index in [1.165, 1.54) is 0 Å². The van der Waals surface area contributed by atoms with Crippen molar-refractivity contribution in [3.05, 3.63) is 63.0 Å². The number of halogens is 7. The number of rotatable bonds is 5. The zero-order valence-electron chi connectivity index (χ0n) is 17.8. The smallest absolute Gasteiger partial charge is 0.416 e. The molecule has 0 aliphatic carbocycles. The molecule has 1 aliphatic rings. The number of nitrogens with zero attached hydrogens (tertiary/aromatic N) is 1. The van der Waals surface area contributed by atoms with Gasteiger partial charge in [0.2, 0.25) is 0 Å². The summed E-state index contributed by atoms with van der Waals surface area (Å²) in [5.74, 6) is -8.11. The lowest BCUT2D eigenvalue weighted by atomic mass is 10.1. The van der Waals surface area contributed by atoms with Crippen LogP contribution in [0.25, 0.3) is 0 Å².